The highest BCUT2D eigenvalue weighted by atomic mass is 32.2. The highest BCUT2D eigenvalue weighted by Gasteiger charge is 2.29. The highest BCUT2D eigenvalue weighted by molar-refractivity contribution is 7.98. The third-order valence-electron chi connectivity index (χ3n) is 3.61. The van der Waals surface area contributed by atoms with Crippen molar-refractivity contribution >= 4 is 54.0 Å². The molecule has 14 heteroatoms. The van der Waals surface area contributed by atoms with Gasteiger partial charge in [-0.1, -0.05) is 0 Å². The third-order valence-corrected chi connectivity index (χ3v) is 4.62. The number of carboxylic acid groups (broad SMARTS) is 1. The van der Waals surface area contributed by atoms with Crippen LogP contribution in [0.3, 0.4) is 0 Å². The van der Waals surface area contributed by atoms with E-state index in [1.165, 1.54) is 11.8 Å². The van der Waals surface area contributed by atoms with E-state index in [9.17, 15) is 29.1 Å². The number of hydrogen-bond acceptors (Lipinski definition) is 9. The first-order chi connectivity index (χ1) is 13.6. The van der Waals surface area contributed by atoms with Crippen molar-refractivity contribution in [1.29, 1.82) is 0 Å². The number of carboxylic acids is 1. The fourth-order valence-electron chi connectivity index (χ4n) is 2.02. The summed E-state index contributed by atoms with van der Waals surface area (Å²) < 4.78 is 0. The van der Waals surface area contributed by atoms with E-state index >= 15 is 0 Å². The van der Waals surface area contributed by atoms with Gasteiger partial charge in [0.15, 0.2) is 0 Å². The minimum Gasteiger partial charge on any atom is -0.480 e. The monoisotopic (exact) mass is 453 g/mol. The van der Waals surface area contributed by atoms with Crippen molar-refractivity contribution in [2.24, 2.45) is 11.5 Å². The molecule has 0 aromatic rings. The maximum absolute atomic E-state index is 12.4. The number of thioether (sulfide) groups is 1. The van der Waals surface area contributed by atoms with E-state index in [0.717, 1.165) is 0 Å². The summed E-state index contributed by atoms with van der Waals surface area (Å²) in [5, 5.41) is 25.2. The zero-order valence-corrected chi connectivity index (χ0v) is 17.5. The van der Waals surface area contributed by atoms with Gasteiger partial charge in [0.1, 0.15) is 18.1 Å². The van der Waals surface area contributed by atoms with Crippen LogP contribution in [-0.4, -0.2) is 88.3 Å². The van der Waals surface area contributed by atoms with Crippen LogP contribution in [0.25, 0.3) is 0 Å². The molecule has 0 radical (unpaired) electrons. The van der Waals surface area contributed by atoms with Gasteiger partial charge in [0.2, 0.25) is 23.6 Å². The van der Waals surface area contributed by atoms with Crippen molar-refractivity contribution in [1.82, 2.24) is 16.0 Å². The minimum atomic E-state index is -1.44. The van der Waals surface area contributed by atoms with E-state index in [4.69, 9.17) is 16.6 Å². The Morgan fingerprint density at radius 3 is 1.97 bits per heavy atom. The standard InChI is InChI=1S/C15H27N5O7S2/c1-29-3-2-8(13(24)20-10(6-28)15(26)27)18-14(25)9(5-21)19-12(23)7(16)4-11(17)22/h7-10,21,28H,2-6,16H2,1H3,(H2,17,22)(H,18,25)(H,19,23)(H,20,24)(H,26,27). The number of thiol groups is 1. The lowest BCUT2D eigenvalue weighted by molar-refractivity contribution is -0.141. The topological polar surface area (TPSA) is 214 Å². The molecule has 9 N–H and O–H groups in total. The van der Waals surface area contributed by atoms with Crippen molar-refractivity contribution in [3.05, 3.63) is 0 Å². The van der Waals surface area contributed by atoms with Crippen LogP contribution in [0.4, 0.5) is 0 Å². The summed E-state index contributed by atoms with van der Waals surface area (Å²) in [7, 11) is 0. The van der Waals surface area contributed by atoms with Crippen LogP contribution in [0.2, 0.25) is 0 Å². The second-order valence-electron chi connectivity index (χ2n) is 5.95. The molecule has 0 heterocycles. The fraction of sp³-hybridized carbons (Fsp3) is 0.667. The molecular weight excluding hydrogens is 426 g/mol. The molecule has 4 amide bonds. The molecule has 0 aliphatic heterocycles. The summed E-state index contributed by atoms with van der Waals surface area (Å²) in [6.07, 6.45) is 1.50. The number of aliphatic hydroxyl groups excluding tert-OH is 1. The van der Waals surface area contributed by atoms with Crippen LogP contribution in [0.15, 0.2) is 0 Å². The SMILES string of the molecule is CSCCC(NC(=O)C(CO)NC(=O)C(N)CC(N)=O)C(=O)NC(CS)C(=O)O. The molecule has 0 bridgehead atoms. The molecule has 12 nitrogen and oxygen atoms in total. The Balaban J connectivity index is 5.11. The molecule has 0 saturated heterocycles. The highest BCUT2D eigenvalue weighted by Crippen LogP contribution is 2.03. The predicted octanol–water partition coefficient (Wildman–Crippen LogP) is -3.60. The van der Waals surface area contributed by atoms with Gasteiger partial charge in [-0.2, -0.15) is 24.4 Å². The molecule has 0 spiro atoms. The number of amides is 4. The van der Waals surface area contributed by atoms with Gasteiger partial charge in [-0.25, -0.2) is 4.79 Å². The van der Waals surface area contributed by atoms with Crippen molar-refractivity contribution in [3.63, 3.8) is 0 Å². The zero-order chi connectivity index (χ0) is 22.6. The summed E-state index contributed by atoms with van der Waals surface area (Å²) in [5.41, 5.74) is 10.4. The smallest absolute Gasteiger partial charge is 0.327 e. The molecule has 29 heavy (non-hydrogen) atoms. The molecule has 0 aliphatic carbocycles. The Morgan fingerprint density at radius 2 is 1.52 bits per heavy atom. The van der Waals surface area contributed by atoms with Gasteiger partial charge in [0.05, 0.1) is 19.1 Å². The largest absolute Gasteiger partial charge is 0.480 e. The predicted molar refractivity (Wildman–Crippen MR) is 109 cm³/mol. The first-order valence-corrected chi connectivity index (χ1v) is 10.5. The zero-order valence-electron chi connectivity index (χ0n) is 15.8. The number of nitrogens with one attached hydrogen (secondary N) is 3. The van der Waals surface area contributed by atoms with Gasteiger partial charge in [0.25, 0.3) is 0 Å². The van der Waals surface area contributed by atoms with Crippen LogP contribution in [-0.2, 0) is 24.0 Å². The number of carbonyl (C=O) groups is 5. The first-order valence-electron chi connectivity index (χ1n) is 8.45. The van der Waals surface area contributed by atoms with Crippen molar-refractivity contribution in [2.45, 2.75) is 37.0 Å². The third kappa shape index (κ3) is 10.3. The molecule has 0 saturated carbocycles. The van der Waals surface area contributed by atoms with E-state index in [-0.39, 0.29) is 12.2 Å². The summed E-state index contributed by atoms with van der Waals surface area (Å²) in [4.78, 5) is 58.5. The summed E-state index contributed by atoms with van der Waals surface area (Å²) in [6.45, 7) is -0.799. The van der Waals surface area contributed by atoms with Crippen molar-refractivity contribution in [2.75, 3.05) is 24.4 Å². The maximum Gasteiger partial charge on any atom is 0.327 e. The lowest BCUT2D eigenvalue weighted by Crippen LogP contribution is -2.58. The Hall–Kier alpha value is -2.03. The van der Waals surface area contributed by atoms with Gasteiger partial charge in [-0.05, 0) is 18.4 Å². The van der Waals surface area contributed by atoms with Crippen LogP contribution in [0, 0.1) is 0 Å². The number of aliphatic carboxylic acids is 1. The van der Waals surface area contributed by atoms with Gasteiger partial charge >= 0.3 is 5.97 Å². The lowest BCUT2D eigenvalue weighted by Gasteiger charge is -2.24. The molecule has 166 valence electrons. The first kappa shape index (κ1) is 27.0. The summed E-state index contributed by atoms with van der Waals surface area (Å²) in [6, 6.07) is -5.11. The lowest BCUT2D eigenvalue weighted by atomic mass is 10.1. The second kappa shape index (κ2) is 14.0. The molecule has 4 atom stereocenters. The minimum absolute atomic E-state index is 0.155. The van der Waals surface area contributed by atoms with E-state index in [1.807, 2.05) is 0 Å². The summed E-state index contributed by atoms with van der Waals surface area (Å²) >= 11 is 5.25. The van der Waals surface area contributed by atoms with Gasteiger partial charge in [-0.3, -0.25) is 19.2 Å². The van der Waals surface area contributed by atoms with Crippen LogP contribution in [0.5, 0.6) is 0 Å². The number of hydrogen-bond donors (Lipinski definition) is 8. The normalized spacial score (nSPS) is 14.8. The van der Waals surface area contributed by atoms with Crippen molar-refractivity contribution in [3.8, 4) is 0 Å². The summed E-state index contributed by atoms with van der Waals surface area (Å²) in [5.74, 6) is -4.30. The van der Waals surface area contributed by atoms with Gasteiger partial charge in [0, 0.05) is 5.75 Å². The average Bonchev–Trinajstić information content (AvgIpc) is 2.65. The molecule has 0 fully saturated rings. The molecular formula is C15H27N5O7S2. The van der Waals surface area contributed by atoms with Crippen LogP contribution < -0.4 is 27.4 Å². The van der Waals surface area contributed by atoms with Crippen LogP contribution >= 0.6 is 24.4 Å². The van der Waals surface area contributed by atoms with E-state index in [2.05, 4.69) is 28.6 Å². The quantitative estimate of drug-likeness (QED) is 0.122. The second-order valence-corrected chi connectivity index (χ2v) is 7.30. The maximum atomic E-state index is 12.4. The number of primary amides is 1. The Morgan fingerprint density at radius 1 is 1.00 bits per heavy atom. The Bertz CT molecular complexity index is 608. The van der Waals surface area contributed by atoms with Gasteiger partial charge in [-0.15, -0.1) is 0 Å². The van der Waals surface area contributed by atoms with Crippen LogP contribution in [0.1, 0.15) is 12.8 Å². The average molecular weight is 454 g/mol. The van der Waals surface area contributed by atoms with E-state index in [1.54, 1.807) is 6.26 Å². The Kier molecular flexibility index (Phi) is 13.0. The molecule has 4 unspecified atom stereocenters. The van der Waals surface area contributed by atoms with Crippen molar-refractivity contribution < 1.29 is 34.2 Å². The number of aliphatic hydroxyl groups is 1. The van der Waals surface area contributed by atoms with Gasteiger partial charge < -0.3 is 37.6 Å². The van der Waals surface area contributed by atoms with E-state index in [0.29, 0.717) is 5.75 Å². The molecule has 0 aromatic carbocycles. The van der Waals surface area contributed by atoms with E-state index < -0.39 is 66.8 Å². The fourth-order valence-corrected chi connectivity index (χ4v) is 2.74. The number of carbonyl (C=O) groups excluding carboxylic acids is 4. The number of nitrogens with two attached hydrogens (primary N) is 2. The number of rotatable bonds is 14. The molecule has 0 aliphatic rings. The molecule has 0 aromatic heterocycles. The Labute approximate surface area is 177 Å². The molecule has 0 rings (SSSR count).